The van der Waals surface area contributed by atoms with Gasteiger partial charge >= 0.3 is 0 Å². The van der Waals surface area contributed by atoms with Gasteiger partial charge in [0.1, 0.15) is 10.9 Å². The quantitative estimate of drug-likeness (QED) is 0.527. The van der Waals surface area contributed by atoms with Gasteiger partial charge in [0.2, 0.25) is 16.1 Å². The van der Waals surface area contributed by atoms with Gasteiger partial charge in [-0.05, 0) is 12.1 Å². The number of carbonyl (C=O) groups excluding carboxylic acids is 1. The second-order valence-corrected chi connectivity index (χ2v) is 5.53. The van der Waals surface area contributed by atoms with Crippen molar-refractivity contribution in [2.45, 2.75) is 0 Å². The van der Waals surface area contributed by atoms with Crippen LogP contribution in [0.25, 0.3) is 0 Å². The molecule has 5 nitrogen and oxygen atoms in total. The molecule has 0 heterocycles. The van der Waals surface area contributed by atoms with E-state index in [2.05, 4.69) is 4.99 Å². The van der Waals surface area contributed by atoms with Crippen LogP contribution in [0.2, 0.25) is 5.02 Å². The van der Waals surface area contributed by atoms with Crippen LogP contribution in [0, 0.1) is 5.82 Å². The number of isocyanates is 1. The van der Waals surface area contributed by atoms with Crippen LogP contribution in [0.1, 0.15) is 0 Å². The van der Waals surface area contributed by atoms with Gasteiger partial charge in [-0.25, -0.2) is 17.6 Å². The van der Waals surface area contributed by atoms with Gasteiger partial charge < -0.3 is 0 Å². The lowest BCUT2D eigenvalue weighted by Gasteiger charge is -2.08. The minimum absolute atomic E-state index is 0.122. The molecule has 17 heavy (non-hydrogen) atoms. The summed E-state index contributed by atoms with van der Waals surface area (Å²) in [6.45, 7) is 0. The van der Waals surface area contributed by atoms with Crippen LogP contribution in [0.4, 0.5) is 15.8 Å². The van der Waals surface area contributed by atoms with E-state index in [4.69, 9.17) is 23.2 Å². The van der Waals surface area contributed by atoms with E-state index in [0.29, 0.717) is 0 Å². The topological polar surface area (TPSA) is 75.6 Å². The normalized spacial score (nSPS) is 10.8. The van der Waals surface area contributed by atoms with Gasteiger partial charge in [-0.3, -0.25) is 4.72 Å². The molecule has 0 spiro atoms. The third kappa shape index (κ3) is 3.67. The third-order valence-electron chi connectivity index (χ3n) is 1.61. The van der Waals surface area contributed by atoms with Crippen LogP contribution >= 0.6 is 23.2 Å². The first-order valence-corrected chi connectivity index (χ1v) is 6.59. The molecule has 1 aromatic rings. The van der Waals surface area contributed by atoms with Crippen molar-refractivity contribution in [1.29, 1.82) is 0 Å². The molecule has 1 rings (SSSR count). The van der Waals surface area contributed by atoms with Gasteiger partial charge in [0, 0.05) is 0 Å². The summed E-state index contributed by atoms with van der Waals surface area (Å²) in [5.74, 6) is -0.868. The van der Waals surface area contributed by atoms with Crippen LogP contribution < -0.4 is 4.72 Å². The summed E-state index contributed by atoms with van der Waals surface area (Å²) in [6.07, 6.45) is 1.14. The lowest BCUT2D eigenvalue weighted by atomic mass is 10.3. The summed E-state index contributed by atoms with van der Waals surface area (Å²) >= 11 is 10.8. The maximum absolute atomic E-state index is 13.2. The molecule has 0 aliphatic rings. The second-order valence-electron chi connectivity index (χ2n) is 2.81. The first-order valence-electron chi connectivity index (χ1n) is 4.03. The smallest absolute Gasteiger partial charge is 0.246 e. The molecule has 1 aromatic carbocycles. The first kappa shape index (κ1) is 13.9. The van der Waals surface area contributed by atoms with Crippen molar-refractivity contribution < 1.29 is 17.6 Å². The maximum Gasteiger partial charge on any atom is 0.246 e. The van der Waals surface area contributed by atoms with Gasteiger partial charge in [-0.2, -0.15) is 4.99 Å². The van der Waals surface area contributed by atoms with Crippen LogP contribution in [0.3, 0.4) is 0 Å². The monoisotopic (exact) mass is 298 g/mol. The predicted octanol–water partition coefficient (Wildman–Crippen LogP) is 2.38. The number of nitrogens with one attached hydrogen (secondary N) is 1. The summed E-state index contributed by atoms with van der Waals surface area (Å²) in [6, 6.07) is 1.79. The average molecular weight is 299 g/mol. The van der Waals surface area contributed by atoms with Crippen molar-refractivity contribution in [2.24, 2.45) is 4.99 Å². The Labute approximate surface area is 106 Å². The van der Waals surface area contributed by atoms with Crippen molar-refractivity contribution in [2.75, 3.05) is 9.93 Å². The molecule has 0 unspecified atom stereocenters. The van der Waals surface area contributed by atoms with E-state index in [9.17, 15) is 17.6 Å². The highest BCUT2D eigenvalue weighted by Crippen LogP contribution is 2.30. The number of sulfonamides is 1. The standard InChI is InChI=1S/C8H5Cl2FN2O3S/c9-3-17(15,16)13-7-2-8(12-4-14)6(11)1-5(7)10/h1-2,13H,3H2. The maximum atomic E-state index is 13.2. The molecule has 0 amide bonds. The SMILES string of the molecule is O=C=Nc1cc(NS(=O)(=O)CCl)c(Cl)cc1F. The zero-order chi connectivity index (χ0) is 13.1. The van der Waals surface area contributed by atoms with E-state index < -0.39 is 21.1 Å². The fourth-order valence-electron chi connectivity index (χ4n) is 0.945. The Morgan fingerprint density at radius 2 is 2.12 bits per heavy atom. The molecule has 0 saturated heterocycles. The molecule has 1 N–H and O–H groups in total. The summed E-state index contributed by atoms with van der Waals surface area (Å²) < 4.78 is 37.5. The first-order chi connectivity index (χ1) is 7.89. The Morgan fingerprint density at radius 1 is 1.47 bits per heavy atom. The average Bonchev–Trinajstić information content (AvgIpc) is 2.25. The zero-order valence-electron chi connectivity index (χ0n) is 8.08. The van der Waals surface area contributed by atoms with Crippen molar-refractivity contribution in [3.05, 3.63) is 23.0 Å². The van der Waals surface area contributed by atoms with Gasteiger partial charge in [-0.1, -0.05) is 11.6 Å². The van der Waals surface area contributed by atoms with Crippen molar-refractivity contribution in [3.63, 3.8) is 0 Å². The van der Waals surface area contributed by atoms with Crippen molar-refractivity contribution in [1.82, 2.24) is 0 Å². The number of nitrogens with zero attached hydrogens (tertiary/aromatic N) is 1. The van der Waals surface area contributed by atoms with Crippen molar-refractivity contribution in [3.8, 4) is 0 Å². The highest BCUT2D eigenvalue weighted by atomic mass is 35.5. The lowest BCUT2D eigenvalue weighted by molar-refractivity contribution is 0.564. The highest BCUT2D eigenvalue weighted by molar-refractivity contribution is 7.93. The molecule has 0 radical (unpaired) electrons. The lowest BCUT2D eigenvalue weighted by Crippen LogP contribution is -2.13. The Kier molecular flexibility index (Phi) is 4.47. The Bertz CT molecular complexity index is 585. The van der Waals surface area contributed by atoms with E-state index in [1.807, 2.05) is 4.72 Å². The van der Waals surface area contributed by atoms with Crippen LogP contribution in [0.15, 0.2) is 17.1 Å². The van der Waals surface area contributed by atoms with Gasteiger partial charge in [0.15, 0.2) is 5.82 Å². The minimum Gasteiger partial charge on any atom is -0.281 e. The molecule has 0 aliphatic heterocycles. The number of aliphatic imine (C=N–C) groups is 1. The minimum atomic E-state index is -3.77. The van der Waals surface area contributed by atoms with Crippen LogP contribution in [0.5, 0.6) is 0 Å². The van der Waals surface area contributed by atoms with Gasteiger partial charge in [0.05, 0.1) is 10.7 Å². The fourth-order valence-corrected chi connectivity index (χ4v) is 1.92. The molecule has 92 valence electrons. The molecule has 0 aliphatic carbocycles. The van der Waals surface area contributed by atoms with E-state index in [0.717, 1.165) is 18.2 Å². The summed E-state index contributed by atoms with van der Waals surface area (Å²) in [5, 5.41) is -0.867. The number of alkyl halides is 1. The number of benzene rings is 1. The van der Waals surface area contributed by atoms with E-state index in [-0.39, 0.29) is 16.4 Å². The Balaban J connectivity index is 3.25. The molecule has 0 bridgehead atoms. The molecule has 0 fully saturated rings. The number of anilines is 1. The number of hydrogen-bond donors (Lipinski definition) is 1. The van der Waals surface area contributed by atoms with E-state index in [1.54, 1.807) is 0 Å². The summed E-state index contributed by atoms with van der Waals surface area (Å²) in [5.41, 5.74) is -0.501. The van der Waals surface area contributed by atoms with Crippen LogP contribution in [-0.2, 0) is 14.8 Å². The second kappa shape index (κ2) is 5.46. The number of halogens is 3. The third-order valence-corrected chi connectivity index (χ3v) is 3.60. The molecular weight excluding hydrogens is 294 g/mol. The van der Waals surface area contributed by atoms with E-state index >= 15 is 0 Å². The number of hydrogen-bond acceptors (Lipinski definition) is 4. The summed E-state index contributed by atoms with van der Waals surface area (Å²) in [7, 11) is -3.77. The Hall–Kier alpha value is -1.14. The van der Waals surface area contributed by atoms with Gasteiger partial charge in [0.25, 0.3) is 0 Å². The largest absolute Gasteiger partial charge is 0.281 e. The van der Waals surface area contributed by atoms with Crippen LogP contribution in [-0.4, -0.2) is 19.7 Å². The Morgan fingerprint density at radius 3 is 2.65 bits per heavy atom. The number of rotatable bonds is 4. The molecule has 0 atom stereocenters. The molecule has 9 heteroatoms. The molecule has 0 saturated carbocycles. The summed E-state index contributed by atoms with van der Waals surface area (Å²) in [4.78, 5) is 13.1. The molecule has 0 aromatic heterocycles. The predicted molar refractivity (Wildman–Crippen MR) is 62.5 cm³/mol. The highest BCUT2D eigenvalue weighted by Gasteiger charge is 2.14. The van der Waals surface area contributed by atoms with Crippen molar-refractivity contribution >= 4 is 50.7 Å². The fraction of sp³-hybridized carbons (Fsp3) is 0.125. The van der Waals surface area contributed by atoms with E-state index in [1.165, 1.54) is 0 Å². The molecular formula is C8H5Cl2FN2O3S. The van der Waals surface area contributed by atoms with Gasteiger partial charge in [-0.15, -0.1) is 11.6 Å². The zero-order valence-corrected chi connectivity index (χ0v) is 10.4.